The molecule has 0 saturated carbocycles. The summed E-state index contributed by atoms with van der Waals surface area (Å²) in [7, 11) is 1.89. The fourth-order valence-electron chi connectivity index (χ4n) is 3.60. The molecule has 0 aliphatic carbocycles. The molecule has 2 N–H and O–H groups in total. The number of piperidine rings is 1. The molecule has 0 bridgehead atoms. The van der Waals surface area contributed by atoms with Gasteiger partial charge in [-0.15, -0.1) is 0 Å². The van der Waals surface area contributed by atoms with Crippen molar-refractivity contribution < 1.29 is 9.59 Å². The van der Waals surface area contributed by atoms with Crippen molar-refractivity contribution in [2.24, 2.45) is 11.7 Å². The van der Waals surface area contributed by atoms with E-state index in [-0.39, 0.29) is 5.91 Å². The minimum Gasteiger partial charge on any atom is -0.365 e. The zero-order valence-electron chi connectivity index (χ0n) is 14.1. The highest BCUT2D eigenvalue weighted by molar-refractivity contribution is 5.97. The summed E-state index contributed by atoms with van der Waals surface area (Å²) < 4.78 is 0. The van der Waals surface area contributed by atoms with Gasteiger partial charge in [-0.1, -0.05) is 0 Å². The molecule has 1 aromatic heterocycles. The first-order valence-corrected chi connectivity index (χ1v) is 8.50. The van der Waals surface area contributed by atoms with Gasteiger partial charge in [0, 0.05) is 58.9 Å². The van der Waals surface area contributed by atoms with Crippen molar-refractivity contribution in [3.8, 4) is 0 Å². The number of nitrogens with two attached hydrogens (primary N) is 1. The Bertz CT molecular complexity index is 613. The summed E-state index contributed by atoms with van der Waals surface area (Å²) in [6.07, 6.45) is 3.34. The summed E-state index contributed by atoms with van der Waals surface area (Å²) in [5.41, 5.74) is 5.93. The Morgan fingerprint density at radius 1 is 1.33 bits per heavy atom. The predicted molar refractivity (Wildman–Crippen MR) is 91.8 cm³/mol. The molecule has 2 aliphatic heterocycles. The van der Waals surface area contributed by atoms with Gasteiger partial charge in [0.05, 0.1) is 5.56 Å². The molecule has 2 aliphatic rings. The molecule has 130 valence electrons. The number of pyridine rings is 1. The van der Waals surface area contributed by atoms with E-state index in [1.165, 1.54) is 0 Å². The van der Waals surface area contributed by atoms with Gasteiger partial charge in [0.15, 0.2) is 0 Å². The van der Waals surface area contributed by atoms with Crippen LogP contribution in [0.1, 0.15) is 23.2 Å². The van der Waals surface area contributed by atoms with E-state index >= 15 is 0 Å². The lowest BCUT2D eigenvalue weighted by Gasteiger charge is -2.39. The van der Waals surface area contributed by atoms with Crippen LogP contribution in [0.15, 0.2) is 18.3 Å². The summed E-state index contributed by atoms with van der Waals surface area (Å²) in [5.74, 6) is 1.06. The molecule has 2 saturated heterocycles. The van der Waals surface area contributed by atoms with E-state index in [1.54, 1.807) is 18.3 Å². The van der Waals surface area contributed by atoms with Gasteiger partial charge < -0.3 is 15.5 Å². The van der Waals surface area contributed by atoms with Crippen molar-refractivity contribution in [2.45, 2.75) is 12.8 Å². The summed E-state index contributed by atoms with van der Waals surface area (Å²) in [5, 5.41) is 0. The number of aromatic nitrogens is 1. The highest BCUT2D eigenvalue weighted by Crippen LogP contribution is 2.21. The van der Waals surface area contributed by atoms with Crippen molar-refractivity contribution >= 4 is 17.6 Å². The fraction of sp³-hybridized carbons (Fsp3) is 0.588. The first kappa shape index (κ1) is 16.7. The lowest BCUT2D eigenvalue weighted by molar-refractivity contribution is -0.133. The zero-order valence-corrected chi connectivity index (χ0v) is 14.1. The highest BCUT2D eigenvalue weighted by atomic mass is 16.2. The first-order valence-electron chi connectivity index (χ1n) is 8.50. The van der Waals surface area contributed by atoms with Gasteiger partial charge >= 0.3 is 0 Å². The molecule has 24 heavy (non-hydrogen) atoms. The van der Waals surface area contributed by atoms with Crippen molar-refractivity contribution in [3.63, 3.8) is 0 Å². The Morgan fingerprint density at radius 2 is 2.08 bits per heavy atom. The van der Waals surface area contributed by atoms with Gasteiger partial charge in [-0.25, -0.2) is 4.98 Å². The minimum absolute atomic E-state index is 0.255. The summed E-state index contributed by atoms with van der Waals surface area (Å²) >= 11 is 0. The second-order valence-corrected chi connectivity index (χ2v) is 6.71. The number of carbonyl (C=O) groups is 2. The van der Waals surface area contributed by atoms with Gasteiger partial charge in [0.2, 0.25) is 5.91 Å². The van der Waals surface area contributed by atoms with Crippen LogP contribution in [0.4, 0.5) is 5.82 Å². The number of carbonyl (C=O) groups excluding carboxylic acids is 2. The second kappa shape index (κ2) is 7.17. The molecule has 2 amide bonds. The molecule has 1 atom stereocenters. The maximum Gasteiger partial charge on any atom is 0.252 e. The molecule has 3 rings (SSSR count). The van der Waals surface area contributed by atoms with Crippen LogP contribution >= 0.6 is 0 Å². The molecule has 0 radical (unpaired) electrons. The van der Waals surface area contributed by atoms with Gasteiger partial charge in [0.1, 0.15) is 5.82 Å². The molecular formula is C17H25N5O2. The number of piperazine rings is 1. The van der Waals surface area contributed by atoms with Gasteiger partial charge in [-0.2, -0.15) is 0 Å². The highest BCUT2D eigenvalue weighted by Gasteiger charge is 2.27. The number of nitrogens with zero attached hydrogens (tertiary/aromatic N) is 4. The Labute approximate surface area is 142 Å². The summed E-state index contributed by atoms with van der Waals surface area (Å²) in [4.78, 5) is 33.9. The normalized spacial score (nSPS) is 22.7. The van der Waals surface area contributed by atoms with Crippen LogP contribution in [-0.2, 0) is 4.79 Å². The first-order chi connectivity index (χ1) is 11.5. The van der Waals surface area contributed by atoms with Crippen LogP contribution in [0.3, 0.4) is 0 Å². The van der Waals surface area contributed by atoms with E-state index < -0.39 is 5.91 Å². The average Bonchev–Trinajstić information content (AvgIpc) is 2.59. The van der Waals surface area contributed by atoms with Crippen LogP contribution in [0.2, 0.25) is 0 Å². The number of hydrogen-bond acceptors (Lipinski definition) is 5. The second-order valence-electron chi connectivity index (χ2n) is 6.71. The number of primary amides is 1. The third-order valence-electron chi connectivity index (χ3n) is 4.96. The average molecular weight is 331 g/mol. The van der Waals surface area contributed by atoms with Gasteiger partial charge in [0.25, 0.3) is 5.91 Å². The third-order valence-corrected chi connectivity index (χ3v) is 4.96. The number of hydrogen-bond donors (Lipinski definition) is 1. The van der Waals surface area contributed by atoms with Crippen molar-refractivity contribution in [1.29, 1.82) is 0 Å². The van der Waals surface area contributed by atoms with Crippen LogP contribution < -0.4 is 10.6 Å². The molecule has 7 nitrogen and oxygen atoms in total. The lowest BCUT2D eigenvalue weighted by atomic mass is 9.97. The Morgan fingerprint density at radius 3 is 2.75 bits per heavy atom. The van der Waals surface area contributed by atoms with Crippen molar-refractivity contribution in [1.82, 2.24) is 14.8 Å². The number of likely N-dealkylation sites (tertiary alicyclic amines) is 1. The summed E-state index contributed by atoms with van der Waals surface area (Å²) in [6, 6.07) is 3.46. The maximum absolute atomic E-state index is 11.6. The standard InChI is InChI=1S/C17H25N5O2/c1-20-11-13(4-5-15(20)23)12-21-7-9-22(10-8-21)17-14(16(18)24)3-2-6-19-17/h2-3,6,13H,4-5,7-12H2,1H3,(H2,18,24). The molecule has 1 unspecified atom stereocenters. The van der Waals surface area contributed by atoms with Crippen LogP contribution in [0.25, 0.3) is 0 Å². The third kappa shape index (κ3) is 3.67. The van der Waals surface area contributed by atoms with E-state index in [2.05, 4.69) is 14.8 Å². The van der Waals surface area contributed by atoms with Gasteiger partial charge in [-0.3, -0.25) is 14.5 Å². The monoisotopic (exact) mass is 331 g/mol. The maximum atomic E-state index is 11.6. The quantitative estimate of drug-likeness (QED) is 0.850. The Hall–Kier alpha value is -2.15. The largest absolute Gasteiger partial charge is 0.365 e. The Kier molecular flexibility index (Phi) is 4.99. The molecule has 2 fully saturated rings. The number of rotatable bonds is 4. The van der Waals surface area contributed by atoms with E-state index in [4.69, 9.17) is 5.73 Å². The van der Waals surface area contributed by atoms with Crippen molar-refractivity contribution in [3.05, 3.63) is 23.9 Å². The van der Waals surface area contributed by atoms with E-state index in [1.807, 2.05) is 11.9 Å². The molecule has 7 heteroatoms. The molecule has 0 spiro atoms. The fourth-order valence-corrected chi connectivity index (χ4v) is 3.60. The molecular weight excluding hydrogens is 306 g/mol. The molecule has 0 aromatic carbocycles. The van der Waals surface area contributed by atoms with Gasteiger partial charge in [-0.05, 0) is 24.5 Å². The number of anilines is 1. The number of amides is 2. The van der Waals surface area contributed by atoms with Crippen molar-refractivity contribution in [2.75, 3.05) is 51.2 Å². The van der Waals surface area contributed by atoms with E-state index in [9.17, 15) is 9.59 Å². The van der Waals surface area contributed by atoms with Crippen LogP contribution in [0, 0.1) is 5.92 Å². The van der Waals surface area contributed by atoms with Crippen LogP contribution in [-0.4, -0.2) is 72.9 Å². The SMILES string of the molecule is CN1CC(CN2CCN(c3ncccc3C(N)=O)CC2)CCC1=O. The van der Waals surface area contributed by atoms with Crippen LogP contribution in [0.5, 0.6) is 0 Å². The lowest BCUT2D eigenvalue weighted by Crippen LogP contribution is -2.50. The topological polar surface area (TPSA) is 82.8 Å². The van der Waals surface area contributed by atoms with E-state index in [0.717, 1.165) is 45.7 Å². The smallest absolute Gasteiger partial charge is 0.252 e. The predicted octanol–water partition coefficient (Wildman–Crippen LogP) is 0.171. The van der Waals surface area contributed by atoms with E-state index in [0.29, 0.717) is 23.7 Å². The molecule has 1 aromatic rings. The minimum atomic E-state index is -0.435. The molecule has 3 heterocycles. The Balaban J connectivity index is 1.55. The summed E-state index contributed by atoms with van der Waals surface area (Å²) in [6.45, 7) is 5.41. The zero-order chi connectivity index (χ0) is 17.1.